The number of aliphatic hydroxyl groups is 1. The fraction of sp³-hybridized carbons (Fsp3) is 0.381. The number of likely N-dealkylation sites (tertiary alicyclic amines) is 1. The highest BCUT2D eigenvalue weighted by Gasteiger charge is 2.29. The summed E-state index contributed by atoms with van der Waals surface area (Å²) < 4.78 is 5.07. The van der Waals surface area contributed by atoms with Gasteiger partial charge in [0.15, 0.2) is 5.69 Å². The van der Waals surface area contributed by atoms with Gasteiger partial charge in [-0.3, -0.25) is 9.89 Å². The zero-order valence-corrected chi connectivity index (χ0v) is 15.9. The number of benzene rings is 1. The molecule has 28 heavy (non-hydrogen) atoms. The summed E-state index contributed by atoms with van der Waals surface area (Å²) >= 11 is 0. The molecule has 0 bridgehead atoms. The lowest BCUT2D eigenvalue weighted by atomic mass is 9.93. The molecular weight excluding hydrogens is 356 g/mol. The maximum atomic E-state index is 12.7. The molecule has 7 nitrogen and oxygen atoms in total. The molecule has 1 aromatic carbocycles. The first kappa shape index (κ1) is 18.4. The summed E-state index contributed by atoms with van der Waals surface area (Å²) in [7, 11) is 0. The van der Waals surface area contributed by atoms with Crippen LogP contribution in [0.1, 0.15) is 57.5 Å². The van der Waals surface area contributed by atoms with E-state index in [1.165, 1.54) is 5.56 Å². The van der Waals surface area contributed by atoms with Crippen LogP contribution in [0.5, 0.6) is 0 Å². The van der Waals surface area contributed by atoms with Gasteiger partial charge >= 0.3 is 0 Å². The van der Waals surface area contributed by atoms with Crippen molar-refractivity contribution in [1.29, 1.82) is 0 Å². The van der Waals surface area contributed by atoms with Gasteiger partial charge in [0, 0.05) is 31.1 Å². The van der Waals surface area contributed by atoms with Crippen molar-refractivity contribution in [3.63, 3.8) is 0 Å². The number of rotatable bonds is 5. The summed E-state index contributed by atoms with van der Waals surface area (Å²) in [5.41, 5.74) is 4.12. The van der Waals surface area contributed by atoms with E-state index in [-0.39, 0.29) is 18.2 Å². The summed E-state index contributed by atoms with van der Waals surface area (Å²) in [5, 5.41) is 20.9. The van der Waals surface area contributed by atoms with Gasteiger partial charge in [0.2, 0.25) is 0 Å². The zero-order chi connectivity index (χ0) is 19.5. The summed E-state index contributed by atoms with van der Waals surface area (Å²) in [6.07, 6.45) is 2.54. The summed E-state index contributed by atoms with van der Waals surface area (Å²) in [4.78, 5) is 14.5. The number of carbonyl (C=O) groups is 1. The standard InChI is InChI=1S/C21H24N4O3/c1-14-18(13-26)20(24-28-14)21(27)25-9-7-16(8-10-25)19-12-17(22-23-19)11-15-5-3-2-4-6-15/h2-6,12,16,26H,7-11,13H2,1H3,(H,22,23). The molecule has 1 amide bonds. The number of carbonyl (C=O) groups excluding carboxylic acids is 1. The molecule has 0 aliphatic carbocycles. The summed E-state index contributed by atoms with van der Waals surface area (Å²) in [6, 6.07) is 12.4. The second-order valence-electron chi connectivity index (χ2n) is 7.27. The molecule has 0 spiro atoms. The molecule has 1 aliphatic heterocycles. The Morgan fingerprint density at radius 2 is 2.04 bits per heavy atom. The van der Waals surface area contributed by atoms with E-state index >= 15 is 0 Å². The lowest BCUT2D eigenvalue weighted by Crippen LogP contribution is -2.38. The second kappa shape index (κ2) is 7.98. The highest BCUT2D eigenvalue weighted by molar-refractivity contribution is 5.93. The molecule has 146 valence electrons. The molecule has 2 N–H and O–H groups in total. The van der Waals surface area contributed by atoms with Crippen molar-refractivity contribution in [2.24, 2.45) is 0 Å². The Bertz CT molecular complexity index is 940. The minimum absolute atomic E-state index is 0.175. The van der Waals surface area contributed by atoms with Gasteiger partial charge in [0.05, 0.1) is 17.9 Å². The number of aliphatic hydroxyl groups excluding tert-OH is 1. The van der Waals surface area contributed by atoms with Gasteiger partial charge < -0.3 is 14.5 Å². The van der Waals surface area contributed by atoms with Crippen molar-refractivity contribution in [1.82, 2.24) is 20.3 Å². The van der Waals surface area contributed by atoms with Crippen molar-refractivity contribution in [3.8, 4) is 0 Å². The fourth-order valence-electron chi connectivity index (χ4n) is 3.77. The van der Waals surface area contributed by atoms with Crippen molar-refractivity contribution in [2.75, 3.05) is 13.1 Å². The van der Waals surface area contributed by atoms with Gasteiger partial charge in [-0.15, -0.1) is 0 Å². The molecular formula is C21H24N4O3. The van der Waals surface area contributed by atoms with E-state index in [0.717, 1.165) is 30.7 Å². The van der Waals surface area contributed by atoms with Crippen LogP contribution in [0, 0.1) is 6.92 Å². The molecule has 4 rings (SSSR count). The topological polar surface area (TPSA) is 95.3 Å². The Morgan fingerprint density at radius 1 is 1.29 bits per heavy atom. The lowest BCUT2D eigenvalue weighted by Gasteiger charge is -2.30. The number of nitrogens with zero attached hydrogens (tertiary/aromatic N) is 3. The lowest BCUT2D eigenvalue weighted by molar-refractivity contribution is 0.0698. The Morgan fingerprint density at radius 3 is 2.75 bits per heavy atom. The van der Waals surface area contributed by atoms with Crippen LogP contribution in [0.2, 0.25) is 0 Å². The molecule has 3 heterocycles. The number of piperidine rings is 1. The van der Waals surface area contributed by atoms with E-state index in [2.05, 4.69) is 33.6 Å². The third-order valence-electron chi connectivity index (χ3n) is 5.43. The van der Waals surface area contributed by atoms with Crippen molar-refractivity contribution >= 4 is 5.91 Å². The number of H-pyrrole nitrogens is 1. The molecule has 2 aromatic heterocycles. The molecule has 0 atom stereocenters. The smallest absolute Gasteiger partial charge is 0.276 e. The van der Waals surface area contributed by atoms with E-state index in [4.69, 9.17) is 4.52 Å². The number of aryl methyl sites for hydroxylation is 1. The molecule has 0 unspecified atom stereocenters. The SMILES string of the molecule is Cc1onc(C(=O)N2CCC(c3cc(Cc4ccccc4)[nH]n3)CC2)c1CO. The van der Waals surface area contributed by atoms with Crippen molar-refractivity contribution < 1.29 is 14.4 Å². The predicted molar refractivity (Wildman–Crippen MR) is 103 cm³/mol. The van der Waals surface area contributed by atoms with E-state index in [1.807, 2.05) is 18.2 Å². The van der Waals surface area contributed by atoms with Crippen LogP contribution in [0.25, 0.3) is 0 Å². The van der Waals surface area contributed by atoms with Gasteiger partial charge in [-0.25, -0.2) is 0 Å². The number of hydrogen-bond donors (Lipinski definition) is 2. The average molecular weight is 380 g/mol. The first-order chi connectivity index (χ1) is 13.7. The zero-order valence-electron chi connectivity index (χ0n) is 15.9. The number of hydrogen-bond acceptors (Lipinski definition) is 5. The largest absolute Gasteiger partial charge is 0.391 e. The van der Waals surface area contributed by atoms with Gasteiger partial charge in [-0.1, -0.05) is 35.5 Å². The molecule has 1 fully saturated rings. The first-order valence-corrected chi connectivity index (χ1v) is 9.59. The first-order valence-electron chi connectivity index (χ1n) is 9.59. The maximum Gasteiger partial charge on any atom is 0.276 e. The maximum absolute atomic E-state index is 12.7. The van der Waals surface area contributed by atoms with Gasteiger partial charge in [-0.2, -0.15) is 5.10 Å². The third kappa shape index (κ3) is 3.71. The van der Waals surface area contributed by atoms with Crippen LogP contribution in [0.4, 0.5) is 0 Å². The molecule has 0 radical (unpaired) electrons. The number of nitrogens with one attached hydrogen (secondary N) is 1. The van der Waals surface area contributed by atoms with Crippen LogP contribution in [0.15, 0.2) is 40.9 Å². The Kier molecular flexibility index (Phi) is 5.25. The number of amides is 1. The molecule has 3 aromatic rings. The highest BCUT2D eigenvalue weighted by atomic mass is 16.5. The molecule has 0 saturated carbocycles. The monoisotopic (exact) mass is 380 g/mol. The Hall–Kier alpha value is -2.93. The van der Waals surface area contributed by atoms with E-state index in [1.54, 1.807) is 11.8 Å². The van der Waals surface area contributed by atoms with Gasteiger partial charge in [0.25, 0.3) is 5.91 Å². The van der Waals surface area contributed by atoms with Crippen LogP contribution in [0.3, 0.4) is 0 Å². The van der Waals surface area contributed by atoms with Crippen LogP contribution >= 0.6 is 0 Å². The van der Waals surface area contributed by atoms with Crippen molar-refractivity contribution in [3.05, 3.63) is 70.4 Å². The highest BCUT2D eigenvalue weighted by Crippen LogP contribution is 2.28. The summed E-state index contributed by atoms with van der Waals surface area (Å²) in [5.74, 6) is 0.649. The Balaban J connectivity index is 1.37. The van der Waals surface area contributed by atoms with E-state index in [9.17, 15) is 9.90 Å². The third-order valence-corrected chi connectivity index (χ3v) is 5.43. The average Bonchev–Trinajstić information content (AvgIpc) is 3.34. The van der Waals surface area contributed by atoms with Gasteiger partial charge in [-0.05, 0) is 31.4 Å². The van der Waals surface area contributed by atoms with Crippen LogP contribution in [-0.4, -0.2) is 44.4 Å². The quantitative estimate of drug-likeness (QED) is 0.710. The van der Waals surface area contributed by atoms with Gasteiger partial charge in [0.1, 0.15) is 5.76 Å². The molecule has 1 aliphatic rings. The molecule has 7 heteroatoms. The van der Waals surface area contributed by atoms with E-state index in [0.29, 0.717) is 30.3 Å². The van der Waals surface area contributed by atoms with Crippen LogP contribution < -0.4 is 0 Å². The number of aromatic nitrogens is 3. The van der Waals surface area contributed by atoms with Crippen molar-refractivity contribution in [2.45, 2.75) is 38.7 Å². The fourth-order valence-corrected chi connectivity index (χ4v) is 3.77. The predicted octanol–water partition coefficient (Wildman–Crippen LogP) is 2.81. The minimum Gasteiger partial charge on any atom is -0.391 e. The second-order valence-corrected chi connectivity index (χ2v) is 7.27. The summed E-state index contributed by atoms with van der Waals surface area (Å²) in [6.45, 7) is 2.73. The minimum atomic E-state index is -0.246. The van der Waals surface area contributed by atoms with E-state index < -0.39 is 0 Å². The molecule has 1 saturated heterocycles. The Labute approximate surface area is 163 Å². The van der Waals surface area contributed by atoms with Crippen LogP contribution in [-0.2, 0) is 13.0 Å². The normalized spacial score (nSPS) is 15.1. The number of aromatic amines is 1.